The Balaban J connectivity index is 3.51. The number of allylic oxidation sites excluding steroid dienone is 1. The SMILES string of the molecule is CC(C)=CCOC(=S)CC(C)C. The van der Waals surface area contributed by atoms with Crippen molar-refractivity contribution in [2.75, 3.05) is 6.61 Å². The molecular formula is C10H18OS. The Morgan fingerprint density at radius 3 is 2.42 bits per heavy atom. The third kappa shape index (κ3) is 7.73. The lowest BCUT2D eigenvalue weighted by Gasteiger charge is -2.07. The fourth-order valence-corrected chi connectivity index (χ4v) is 1.09. The van der Waals surface area contributed by atoms with Crippen LogP contribution in [0.1, 0.15) is 34.1 Å². The third-order valence-corrected chi connectivity index (χ3v) is 1.60. The van der Waals surface area contributed by atoms with Crippen molar-refractivity contribution in [1.29, 1.82) is 0 Å². The summed E-state index contributed by atoms with van der Waals surface area (Å²) in [5, 5.41) is 0.725. The van der Waals surface area contributed by atoms with E-state index in [4.69, 9.17) is 17.0 Å². The van der Waals surface area contributed by atoms with Crippen LogP contribution in [0.3, 0.4) is 0 Å². The van der Waals surface area contributed by atoms with Gasteiger partial charge in [-0.05, 0) is 38.1 Å². The Labute approximate surface area is 80.8 Å². The summed E-state index contributed by atoms with van der Waals surface area (Å²) in [6.07, 6.45) is 2.92. The number of rotatable bonds is 4. The summed E-state index contributed by atoms with van der Waals surface area (Å²) in [5.74, 6) is 0.587. The van der Waals surface area contributed by atoms with Crippen LogP contribution >= 0.6 is 12.2 Å². The van der Waals surface area contributed by atoms with E-state index in [0.29, 0.717) is 12.5 Å². The lowest BCUT2D eigenvalue weighted by atomic mass is 10.1. The summed E-state index contributed by atoms with van der Waals surface area (Å²) >= 11 is 5.03. The minimum Gasteiger partial charge on any atom is -0.483 e. The van der Waals surface area contributed by atoms with Gasteiger partial charge < -0.3 is 4.74 Å². The second kappa shape index (κ2) is 6.18. The standard InChI is InChI=1S/C10H18OS/c1-8(2)5-6-11-10(12)7-9(3)4/h5,9H,6-7H2,1-4H3. The Morgan fingerprint density at radius 2 is 2.00 bits per heavy atom. The summed E-state index contributed by atoms with van der Waals surface area (Å²) in [6, 6.07) is 0. The molecule has 0 aliphatic heterocycles. The lowest BCUT2D eigenvalue weighted by Crippen LogP contribution is -2.05. The Bertz CT molecular complexity index is 167. The monoisotopic (exact) mass is 186 g/mol. The zero-order valence-corrected chi connectivity index (χ0v) is 9.20. The van der Waals surface area contributed by atoms with Gasteiger partial charge in [-0.25, -0.2) is 0 Å². The van der Waals surface area contributed by atoms with Crippen LogP contribution in [0, 0.1) is 5.92 Å². The fourth-order valence-electron chi connectivity index (χ4n) is 0.694. The molecule has 12 heavy (non-hydrogen) atoms. The van der Waals surface area contributed by atoms with Crippen molar-refractivity contribution in [3.8, 4) is 0 Å². The maximum Gasteiger partial charge on any atom is 0.160 e. The lowest BCUT2D eigenvalue weighted by molar-refractivity contribution is 0.342. The summed E-state index contributed by atoms with van der Waals surface area (Å²) in [7, 11) is 0. The van der Waals surface area contributed by atoms with Crippen molar-refractivity contribution in [3.63, 3.8) is 0 Å². The summed E-state index contributed by atoms with van der Waals surface area (Å²) in [4.78, 5) is 0. The third-order valence-electron chi connectivity index (χ3n) is 1.31. The van der Waals surface area contributed by atoms with Gasteiger partial charge in [-0.2, -0.15) is 0 Å². The molecule has 0 atom stereocenters. The van der Waals surface area contributed by atoms with Gasteiger partial charge in [-0.3, -0.25) is 0 Å². The van der Waals surface area contributed by atoms with E-state index in [1.165, 1.54) is 5.57 Å². The highest BCUT2D eigenvalue weighted by Gasteiger charge is 1.99. The molecule has 0 aromatic heterocycles. The quantitative estimate of drug-likeness (QED) is 0.492. The predicted molar refractivity (Wildman–Crippen MR) is 57.4 cm³/mol. The second-order valence-corrected chi connectivity index (χ2v) is 4.02. The van der Waals surface area contributed by atoms with Gasteiger partial charge >= 0.3 is 0 Å². The van der Waals surface area contributed by atoms with Crippen LogP contribution in [0.15, 0.2) is 11.6 Å². The maximum absolute atomic E-state index is 5.32. The molecule has 2 heteroatoms. The summed E-state index contributed by atoms with van der Waals surface area (Å²) < 4.78 is 5.32. The van der Waals surface area contributed by atoms with Crippen LogP contribution in [0.5, 0.6) is 0 Å². The molecule has 0 amide bonds. The molecule has 0 saturated carbocycles. The van der Waals surface area contributed by atoms with Crippen LogP contribution in [-0.2, 0) is 4.74 Å². The highest BCUT2D eigenvalue weighted by atomic mass is 32.1. The van der Waals surface area contributed by atoms with Crippen molar-refractivity contribution in [1.82, 2.24) is 0 Å². The zero-order chi connectivity index (χ0) is 9.56. The smallest absolute Gasteiger partial charge is 0.160 e. The molecule has 0 unspecified atom stereocenters. The van der Waals surface area contributed by atoms with Crippen molar-refractivity contribution in [3.05, 3.63) is 11.6 Å². The van der Waals surface area contributed by atoms with E-state index in [-0.39, 0.29) is 0 Å². The summed E-state index contributed by atoms with van der Waals surface area (Å²) in [5.41, 5.74) is 1.27. The van der Waals surface area contributed by atoms with Gasteiger partial charge in [-0.1, -0.05) is 19.4 Å². The van der Waals surface area contributed by atoms with Crippen molar-refractivity contribution < 1.29 is 4.74 Å². The second-order valence-electron chi connectivity index (χ2n) is 3.56. The summed E-state index contributed by atoms with van der Waals surface area (Å²) in [6.45, 7) is 8.99. The molecule has 0 spiro atoms. The highest BCUT2D eigenvalue weighted by molar-refractivity contribution is 7.80. The van der Waals surface area contributed by atoms with E-state index in [0.717, 1.165) is 11.5 Å². The first kappa shape index (κ1) is 11.6. The van der Waals surface area contributed by atoms with Gasteiger partial charge in [0.05, 0.1) is 0 Å². The van der Waals surface area contributed by atoms with Crippen molar-refractivity contribution in [2.45, 2.75) is 34.1 Å². The first-order chi connectivity index (χ1) is 5.52. The van der Waals surface area contributed by atoms with Gasteiger partial charge in [0.2, 0.25) is 0 Å². The molecule has 70 valence electrons. The topological polar surface area (TPSA) is 9.23 Å². The average molecular weight is 186 g/mol. The molecular weight excluding hydrogens is 168 g/mol. The van der Waals surface area contributed by atoms with Crippen LogP contribution < -0.4 is 0 Å². The van der Waals surface area contributed by atoms with Gasteiger partial charge in [0, 0.05) is 6.42 Å². The molecule has 1 nitrogen and oxygen atoms in total. The van der Waals surface area contributed by atoms with E-state index in [1.54, 1.807) is 0 Å². The highest BCUT2D eigenvalue weighted by Crippen LogP contribution is 2.03. The first-order valence-corrected chi connectivity index (χ1v) is 4.72. The average Bonchev–Trinajstić information content (AvgIpc) is 1.84. The predicted octanol–water partition coefficient (Wildman–Crippen LogP) is 3.34. The van der Waals surface area contributed by atoms with Gasteiger partial charge in [-0.15, -0.1) is 0 Å². The molecule has 0 bridgehead atoms. The molecule has 0 rings (SSSR count). The molecule has 0 N–H and O–H groups in total. The van der Waals surface area contributed by atoms with Crippen molar-refractivity contribution in [2.24, 2.45) is 5.92 Å². The molecule has 0 aliphatic carbocycles. The van der Waals surface area contributed by atoms with E-state index < -0.39 is 0 Å². The molecule has 0 aliphatic rings. The molecule has 0 fully saturated rings. The van der Waals surface area contributed by atoms with E-state index >= 15 is 0 Å². The molecule has 0 heterocycles. The number of hydrogen-bond donors (Lipinski definition) is 0. The van der Waals surface area contributed by atoms with Crippen LogP contribution in [-0.4, -0.2) is 11.7 Å². The molecule has 0 saturated heterocycles. The largest absolute Gasteiger partial charge is 0.483 e. The minimum absolute atomic E-state index is 0.587. The van der Waals surface area contributed by atoms with E-state index in [9.17, 15) is 0 Å². The molecule has 0 aromatic carbocycles. The Kier molecular flexibility index (Phi) is 5.99. The fraction of sp³-hybridized carbons (Fsp3) is 0.700. The van der Waals surface area contributed by atoms with Crippen LogP contribution in [0.2, 0.25) is 0 Å². The Hall–Kier alpha value is -0.370. The zero-order valence-electron chi connectivity index (χ0n) is 8.39. The normalized spacial score (nSPS) is 9.75. The first-order valence-electron chi connectivity index (χ1n) is 4.31. The van der Waals surface area contributed by atoms with E-state index in [1.807, 2.05) is 6.08 Å². The van der Waals surface area contributed by atoms with Crippen molar-refractivity contribution >= 4 is 17.3 Å². The minimum atomic E-state index is 0.587. The molecule has 0 aromatic rings. The van der Waals surface area contributed by atoms with Crippen LogP contribution in [0.4, 0.5) is 0 Å². The number of thiocarbonyl (C=S) groups is 1. The van der Waals surface area contributed by atoms with Gasteiger partial charge in [0.1, 0.15) is 6.61 Å². The van der Waals surface area contributed by atoms with Gasteiger partial charge in [0.25, 0.3) is 0 Å². The molecule has 0 radical (unpaired) electrons. The van der Waals surface area contributed by atoms with Gasteiger partial charge in [0.15, 0.2) is 5.05 Å². The number of ether oxygens (including phenoxy) is 1. The maximum atomic E-state index is 5.32. The van der Waals surface area contributed by atoms with Crippen LogP contribution in [0.25, 0.3) is 0 Å². The van der Waals surface area contributed by atoms with E-state index in [2.05, 4.69) is 27.7 Å². The number of hydrogen-bond acceptors (Lipinski definition) is 2. The Morgan fingerprint density at radius 1 is 1.42 bits per heavy atom.